The smallest absolute Gasteiger partial charge is 0.204 e. The quantitative estimate of drug-likeness (QED) is 0.613. The molecule has 0 saturated heterocycles. The van der Waals surface area contributed by atoms with Gasteiger partial charge in [-0.25, -0.2) is 4.98 Å². The van der Waals surface area contributed by atoms with E-state index in [2.05, 4.69) is 20.5 Å². The maximum absolute atomic E-state index is 6.18. The molecule has 0 aliphatic rings. The minimum Gasteiger partial charge on any atom is -0.336 e. The van der Waals surface area contributed by atoms with Gasteiger partial charge in [-0.15, -0.1) is 10.2 Å². The highest BCUT2D eigenvalue weighted by Gasteiger charge is 2.11. The lowest BCUT2D eigenvalue weighted by atomic mass is 10.3. The van der Waals surface area contributed by atoms with Gasteiger partial charge in [-0.1, -0.05) is 35.9 Å². The number of rotatable bonds is 2. The third kappa shape index (κ3) is 1.98. The van der Waals surface area contributed by atoms with E-state index >= 15 is 0 Å². The summed E-state index contributed by atoms with van der Waals surface area (Å²) in [4.78, 5) is 4.62. The van der Waals surface area contributed by atoms with Crippen LogP contribution in [0.15, 0.2) is 54.9 Å². The predicted octanol–water partition coefficient (Wildman–Crippen LogP) is 3.67. The Balaban J connectivity index is 1.95. The Hall–Kier alpha value is -2.66. The van der Waals surface area contributed by atoms with Crippen molar-refractivity contribution >= 4 is 39.8 Å². The maximum atomic E-state index is 6.18. The predicted molar refractivity (Wildman–Crippen MR) is 83.0 cm³/mol. The molecule has 0 radical (unpaired) electrons. The van der Waals surface area contributed by atoms with E-state index < -0.39 is 0 Å². The highest BCUT2D eigenvalue weighted by atomic mass is 35.5. The van der Waals surface area contributed by atoms with Gasteiger partial charge >= 0.3 is 0 Å². The zero-order chi connectivity index (χ0) is 14.2. The molecule has 1 N–H and O–H groups in total. The molecular weight excluding hydrogens is 286 g/mol. The van der Waals surface area contributed by atoms with Crippen molar-refractivity contribution in [3.05, 3.63) is 59.9 Å². The van der Waals surface area contributed by atoms with Crippen molar-refractivity contribution in [2.24, 2.45) is 0 Å². The van der Waals surface area contributed by atoms with Crippen molar-refractivity contribution in [3.8, 4) is 0 Å². The van der Waals surface area contributed by atoms with Crippen molar-refractivity contribution < 1.29 is 0 Å². The van der Waals surface area contributed by atoms with Crippen molar-refractivity contribution in [2.45, 2.75) is 0 Å². The highest BCUT2D eigenvalue weighted by Crippen LogP contribution is 2.27. The minimum absolute atomic E-state index is 0.624. The van der Waals surface area contributed by atoms with Gasteiger partial charge in [0.25, 0.3) is 0 Å². The van der Waals surface area contributed by atoms with Crippen molar-refractivity contribution in [1.82, 2.24) is 19.6 Å². The van der Waals surface area contributed by atoms with Gasteiger partial charge in [-0.2, -0.15) is 0 Å². The van der Waals surface area contributed by atoms with Gasteiger partial charge in [0.2, 0.25) is 5.65 Å². The first-order valence-electron chi connectivity index (χ1n) is 6.43. The number of hydrogen-bond acceptors (Lipinski definition) is 4. The van der Waals surface area contributed by atoms with E-state index in [0.717, 1.165) is 16.7 Å². The van der Waals surface area contributed by atoms with Gasteiger partial charge in [0, 0.05) is 0 Å². The summed E-state index contributed by atoms with van der Waals surface area (Å²) in [5.41, 5.74) is 3.27. The van der Waals surface area contributed by atoms with Gasteiger partial charge in [0.05, 0.1) is 21.7 Å². The summed E-state index contributed by atoms with van der Waals surface area (Å²) in [6.07, 6.45) is 1.68. The monoisotopic (exact) mass is 295 g/mol. The Morgan fingerprint density at radius 1 is 1.00 bits per heavy atom. The Kier molecular flexibility index (Phi) is 2.72. The first kappa shape index (κ1) is 12.1. The summed E-state index contributed by atoms with van der Waals surface area (Å²) >= 11 is 6.18. The number of aromatic nitrogens is 4. The maximum Gasteiger partial charge on any atom is 0.204 e. The summed E-state index contributed by atoms with van der Waals surface area (Å²) < 4.78 is 1.90. The zero-order valence-corrected chi connectivity index (χ0v) is 11.6. The van der Waals surface area contributed by atoms with Crippen LogP contribution in [0.1, 0.15) is 0 Å². The molecule has 0 saturated carbocycles. The molecule has 0 fully saturated rings. The largest absolute Gasteiger partial charge is 0.336 e. The molecule has 0 amide bonds. The van der Waals surface area contributed by atoms with E-state index in [9.17, 15) is 0 Å². The van der Waals surface area contributed by atoms with Crippen LogP contribution in [0.2, 0.25) is 5.02 Å². The topological polar surface area (TPSA) is 55.1 Å². The lowest BCUT2D eigenvalue weighted by Gasteiger charge is -2.10. The molecule has 5 nitrogen and oxygen atoms in total. The van der Waals surface area contributed by atoms with Crippen LogP contribution in [0.4, 0.5) is 11.5 Å². The summed E-state index contributed by atoms with van der Waals surface area (Å²) in [5, 5.41) is 12.0. The van der Waals surface area contributed by atoms with Crippen molar-refractivity contribution in [2.75, 3.05) is 5.32 Å². The molecule has 0 aliphatic heterocycles. The third-order valence-electron chi connectivity index (χ3n) is 3.26. The number of para-hydroxylation sites is 3. The summed E-state index contributed by atoms with van der Waals surface area (Å²) in [6, 6.07) is 15.4. The van der Waals surface area contributed by atoms with Crippen LogP contribution >= 0.6 is 11.6 Å². The van der Waals surface area contributed by atoms with Gasteiger partial charge in [0.1, 0.15) is 6.33 Å². The van der Waals surface area contributed by atoms with Gasteiger partial charge in [0.15, 0.2) is 5.82 Å². The standard InChI is InChI=1S/C15H10ClN5/c16-10-5-1-2-6-11(10)18-14-15-20-17-9-21(15)13-8-4-3-7-12(13)19-14/h1-9H,(H,18,19). The lowest BCUT2D eigenvalue weighted by molar-refractivity contribution is 1.11. The Bertz CT molecular complexity index is 947. The molecule has 0 aliphatic carbocycles. The van der Waals surface area contributed by atoms with Gasteiger partial charge in [-0.3, -0.25) is 4.40 Å². The van der Waals surface area contributed by atoms with E-state index in [1.807, 2.05) is 52.9 Å². The van der Waals surface area contributed by atoms with E-state index in [4.69, 9.17) is 11.6 Å². The molecule has 102 valence electrons. The molecule has 0 atom stereocenters. The fraction of sp³-hybridized carbons (Fsp3) is 0. The van der Waals surface area contributed by atoms with Gasteiger partial charge < -0.3 is 5.32 Å². The first-order chi connectivity index (χ1) is 10.3. The molecule has 6 heteroatoms. The number of hydrogen-bond donors (Lipinski definition) is 1. The Morgan fingerprint density at radius 3 is 2.71 bits per heavy atom. The van der Waals surface area contributed by atoms with Crippen LogP contribution in [0.25, 0.3) is 16.7 Å². The van der Waals surface area contributed by atoms with E-state index in [1.165, 1.54) is 0 Å². The lowest BCUT2D eigenvalue weighted by Crippen LogP contribution is -2.00. The van der Waals surface area contributed by atoms with Crippen molar-refractivity contribution in [3.63, 3.8) is 0 Å². The number of nitrogens with zero attached hydrogens (tertiary/aromatic N) is 4. The average Bonchev–Trinajstić information content (AvgIpc) is 3.00. The zero-order valence-electron chi connectivity index (χ0n) is 10.9. The molecule has 2 aromatic heterocycles. The molecule has 0 bridgehead atoms. The van der Waals surface area contributed by atoms with Crippen molar-refractivity contribution in [1.29, 1.82) is 0 Å². The molecule has 0 spiro atoms. The average molecular weight is 296 g/mol. The van der Waals surface area contributed by atoms with Gasteiger partial charge in [-0.05, 0) is 24.3 Å². The van der Waals surface area contributed by atoms with E-state index in [0.29, 0.717) is 16.5 Å². The number of nitrogens with one attached hydrogen (secondary N) is 1. The molecule has 21 heavy (non-hydrogen) atoms. The van der Waals surface area contributed by atoms with Crippen LogP contribution in [0.5, 0.6) is 0 Å². The molecule has 2 aromatic carbocycles. The Labute approximate surface area is 125 Å². The SMILES string of the molecule is Clc1ccccc1Nc1nc2ccccc2n2cnnc12. The minimum atomic E-state index is 0.624. The fourth-order valence-electron chi connectivity index (χ4n) is 2.28. The normalized spacial score (nSPS) is 11.1. The number of benzene rings is 2. The van der Waals surface area contributed by atoms with Crippen LogP contribution < -0.4 is 5.32 Å². The second-order valence-corrected chi connectivity index (χ2v) is 4.99. The van der Waals surface area contributed by atoms with Crippen LogP contribution in [-0.2, 0) is 0 Å². The second kappa shape index (κ2) is 4.71. The summed E-state index contributed by atoms with van der Waals surface area (Å²) in [6.45, 7) is 0. The van der Waals surface area contributed by atoms with Crippen LogP contribution in [0.3, 0.4) is 0 Å². The molecule has 0 unspecified atom stereocenters. The Morgan fingerprint density at radius 2 is 1.81 bits per heavy atom. The molecule has 4 rings (SSSR count). The molecular formula is C15H10ClN5. The number of anilines is 2. The summed E-state index contributed by atoms with van der Waals surface area (Å²) in [7, 11) is 0. The second-order valence-electron chi connectivity index (χ2n) is 4.58. The molecule has 2 heterocycles. The number of fused-ring (bicyclic) bond motifs is 3. The highest BCUT2D eigenvalue weighted by molar-refractivity contribution is 6.33. The third-order valence-corrected chi connectivity index (χ3v) is 3.59. The fourth-order valence-corrected chi connectivity index (χ4v) is 2.46. The molecule has 4 aromatic rings. The van der Waals surface area contributed by atoms with Crippen LogP contribution in [0, 0.1) is 0 Å². The number of halogens is 1. The van der Waals surface area contributed by atoms with E-state index in [1.54, 1.807) is 6.33 Å². The first-order valence-corrected chi connectivity index (χ1v) is 6.81. The summed E-state index contributed by atoms with van der Waals surface area (Å²) in [5.74, 6) is 0.624. The van der Waals surface area contributed by atoms with Crippen LogP contribution in [-0.4, -0.2) is 19.6 Å². The van der Waals surface area contributed by atoms with E-state index in [-0.39, 0.29) is 0 Å².